The van der Waals surface area contributed by atoms with E-state index >= 15 is 0 Å². The first-order chi connectivity index (χ1) is 12.4. The molecule has 2 aromatic carbocycles. The van der Waals surface area contributed by atoms with Gasteiger partial charge in [0.15, 0.2) is 6.10 Å². The Labute approximate surface area is 157 Å². The van der Waals surface area contributed by atoms with Crippen LogP contribution >= 0.6 is 0 Å². The highest BCUT2D eigenvalue weighted by Crippen LogP contribution is 2.21. The van der Waals surface area contributed by atoms with E-state index in [-0.39, 0.29) is 5.91 Å². The van der Waals surface area contributed by atoms with Crippen molar-refractivity contribution in [3.63, 3.8) is 0 Å². The predicted octanol–water partition coefficient (Wildman–Crippen LogP) is 4.94. The maximum atomic E-state index is 12.2. The molecule has 0 aliphatic carbocycles. The van der Waals surface area contributed by atoms with Crippen molar-refractivity contribution < 1.29 is 9.53 Å². The summed E-state index contributed by atoms with van der Waals surface area (Å²) in [4.78, 5) is 12.2. The zero-order valence-corrected chi connectivity index (χ0v) is 16.6. The molecule has 3 heteroatoms. The van der Waals surface area contributed by atoms with Crippen LogP contribution in [0.4, 0.5) is 0 Å². The summed E-state index contributed by atoms with van der Waals surface area (Å²) in [6, 6.07) is 14.7. The molecule has 1 amide bonds. The lowest BCUT2D eigenvalue weighted by atomic mass is 10.0. The standard InChI is InChI=1S/C23H31NO2/c1-16(2)21-13-11-20(12-14-21)9-7-15-24-23(25)19(5)26-22-10-6-8-17(3)18(22)4/h6,8,10-14,16,19H,7,9,15H2,1-5H3,(H,24,25)/t19-/m1/s1. The van der Waals surface area contributed by atoms with Gasteiger partial charge in [-0.15, -0.1) is 0 Å². The normalized spacial score (nSPS) is 12.1. The number of benzene rings is 2. The van der Waals surface area contributed by atoms with Crippen molar-refractivity contribution in [1.82, 2.24) is 5.32 Å². The second-order valence-corrected chi connectivity index (χ2v) is 7.25. The van der Waals surface area contributed by atoms with Crippen molar-refractivity contribution in [2.75, 3.05) is 6.54 Å². The van der Waals surface area contributed by atoms with Gasteiger partial charge in [-0.2, -0.15) is 0 Å². The second kappa shape index (κ2) is 9.42. The fourth-order valence-corrected chi connectivity index (χ4v) is 2.81. The number of rotatable bonds is 8. The van der Waals surface area contributed by atoms with Crippen molar-refractivity contribution in [3.05, 3.63) is 64.7 Å². The van der Waals surface area contributed by atoms with Gasteiger partial charge in [-0.25, -0.2) is 0 Å². The Kier molecular flexibility index (Phi) is 7.26. The summed E-state index contributed by atoms with van der Waals surface area (Å²) >= 11 is 0. The van der Waals surface area contributed by atoms with E-state index in [2.05, 4.69) is 43.4 Å². The highest BCUT2D eigenvalue weighted by Gasteiger charge is 2.15. The Morgan fingerprint density at radius 3 is 2.38 bits per heavy atom. The fraction of sp³-hybridized carbons (Fsp3) is 0.435. The predicted molar refractivity (Wildman–Crippen MR) is 108 cm³/mol. The van der Waals surface area contributed by atoms with Gasteiger partial charge in [0, 0.05) is 6.54 Å². The van der Waals surface area contributed by atoms with Gasteiger partial charge in [0.2, 0.25) is 0 Å². The quantitative estimate of drug-likeness (QED) is 0.682. The molecule has 0 spiro atoms. The third-order valence-corrected chi connectivity index (χ3v) is 4.82. The topological polar surface area (TPSA) is 38.3 Å². The van der Waals surface area contributed by atoms with Crippen LogP contribution in [-0.2, 0) is 11.2 Å². The lowest BCUT2D eigenvalue weighted by molar-refractivity contribution is -0.127. The number of ether oxygens (including phenoxy) is 1. The first-order valence-corrected chi connectivity index (χ1v) is 9.48. The lowest BCUT2D eigenvalue weighted by Crippen LogP contribution is -2.37. The van der Waals surface area contributed by atoms with Gasteiger partial charge in [-0.1, -0.05) is 50.2 Å². The molecule has 0 aliphatic rings. The fourth-order valence-electron chi connectivity index (χ4n) is 2.81. The Morgan fingerprint density at radius 2 is 1.73 bits per heavy atom. The van der Waals surface area contributed by atoms with Crippen molar-refractivity contribution in [2.24, 2.45) is 0 Å². The largest absolute Gasteiger partial charge is 0.481 e. The summed E-state index contributed by atoms with van der Waals surface area (Å²) in [5.74, 6) is 1.26. The number of aryl methyl sites for hydroxylation is 2. The van der Waals surface area contributed by atoms with Crippen LogP contribution in [0.1, 0.15) is 55.4 Å². The van der Waals surface area contributed by atoms with Gasteiger partial charge in [0.25, 0.3) is 5.91 Å². The summed E-state index contributed by atoms with van der Waals surface area (Å²) < 4.78 is 5.83. The molecule has 0 aliphatic heterocycles. The van der Waals surface area contributed by atoms with Gasteiger partial charge in [0.05, 0.1) is 0 Å². The van der Waals surface area contributed by atoms with Crippen molar-refractivity contribution in [1.29, 1.82) is 0 Å². The van der Waals surface area contributed by atoms with Crippen LogP contribution in [-0.4, -0.2) is 18.6 Å². The van der Waals surface area contributed by atoms with E-state index < -0.39 is 6.10 Å². The van der Waals surface area contributed by atoms with Gasteiger partial charge >= 0.3 is 0 Å². The summed E-state index contributed by atoms with van der Waals surface area (Å²) in [7, 11) is 0. The van der Waals surface area contributed by atoms with E-state index in [1.165, 1.54) is 16.7 Å². The Hall–Kier alpha value is -2.29. The minimum absolute atomic E-state index is 0.0685. The highest BCUT2D eigenvalue weighted by atomic mass is 16.5. The van der Waals surface area contributed by atoms with Gasteiger partial charge in [0.1, 0.15) is 5.75 Å². The summed E-state index contributed by atoms with van der Waals surface area (Å²) in [5, 5.41) is 2.97. The van der Waals surface area contributed by atoms with Gasteiger partial charge < -0.3 is 10.1 Å². The summed E-state index contributed by atoms with van der Waals surface area (Å²) in [5.41, 5.74) is 4.92. The Balaban J connectivity index is 1.75. The first-order valence-electron chi connectivity index (χ1n) is 9.48. The smallest absolute Gasteiger partial charge is 0.260 e. The van der Waals surface area contributed by atoms with Crippen LogP contribution < -0.4 is 10.1 Å². The van der Waals surface area contributed by atoms with Crippen molar-refractivity contribution >= 4 is 5.91 Å². The monoisotopic (exact) mass is 353 g/mol. The third-order valence-electron chi connectivity index (χ3n) is 4.82. The van der Waals surface area contributed by atoms with E-state index in [4.69, 9.17) is 4.74 Å². The van der Waals surface area contributed by atoms with Crippen LogP contribution in [0.2, 0.25) is 0 Å². The first kappa shape index (κ1) is 20.0. The van der Waals surface area contributed by atoms with Crippen LogP contribution in [0.15, 0.2) is 42.5 Å². The molecule has 2 aromatic rings. The van der Waals surface area contributed by atoms with E-state index in [1.807, 2.05) is 32.0 Å². The minimum Gasteiger partial charge on any atom is -0.481 e. The lowest BCUT2D eigenvalue weighted by Gasteiger charge is -2.17. The molecule has 1 atom stereocenters. The summed E-state index contributed by atoms with van der Waals surface area (Å²) in [6.07, 6.45) is 1.38. The molecule has 0 bridgehead atoms. The molecule has 0 radical (unpaired) electrons. The molecular weight excluding hydrogens is 322 g/mol. The zero-order chi connectivity index (χ0) is 19.1. The number of hydrogen-bond acceptors (Lipinski definition) is 2. The van der Waals surface area contributed by atoms with Crippen LogP contribution in [0.5, 0.6) is 5.75 Å². The second-order valence-electron chi connectivity index (χ2n) is 7.25. The van der Waals surface area contributed by atoms with Gasteiger partial charge in [-0.05, 0) is 67.9 Å². The molecule has 0 fully saturated rings. The van der Waals surface area contributed by atoms with Crippen LogP contribution in [0.25, 0.3) is 0 Å². The SMILES string of the molecule is Cc1cccc(O[C@H](C)C(=O)NCCCc2ccc(C(C)C)cc2)c1C. The van der Waals surface area contributed by atoms with Crippen molar-refractivity contribution in [2.45, 2.75) is 59.5 Å². The average Bonchev–Trinajstić information content (AvgIpc) is 2.62. The number of hydrogen-bond donors (Lipinski definition) is 1. The molecule has 0 heterocycles. The van der Waals surface area contributed by atoms with E-state index in [1.54, 1.807) is 6.92 Å². The summed E-state index contributed by atoms with van der Waals surface area (Å²) in [6.45, 7) is 10.9. The maximum Gasteiger partial charge on any atom is 0.260 e. The van der Waals surface area contributed by atoms with Crippen molar-refractivity contribution in [3.8, 4) is 5.75 Å². The molecular formula is C23H31NO2. The number of amides is 1. The Morgan fingerprint density at radius 1 is 1.04 bits per heavy atom. The number of carbonyl (C=O) groups excluding carboxylic acids is 1. The molecule has 0 saturated carbocycles. The minimum atomic E-state index is -0.499. The molecule has 1 N–H and O–H groups in total. The molecule has 0 saturated heterocycles. The molecule has 2 rings (SSSR count). The van der Waals surface area contributed by atoms with E-state index in [9.17, 15) is 4.79 Å². The molecule has 3 nitrogen and oxygen atoms in total. The zero-order valence-electron chi connectivity index (χ0n) is 16.6. The number of nitrogens with one attached hydrogen (secondary N) is 1. The number of carbonyl (C=O) groups is 1. The van der Waals surface area contributed by atoms with Gasteiger partial charge in [-0.3, -0.25) is 4.79 Å². The molecule has 26 heavy (non-hydrogen) atoms. The molecule has 140 valence electrons. The Bertz CT molecular complexity index is 719. The van der Waals surface area contributed by atoms with Crippen LogP contribution in [0, 0.1) is 13.8 Å². The maximum absolute atomic E-state index is 12.2. The van der Waals surface area contributed by atoms with E-state index in [0.717, 1.165) is 24.2 Å². The third kappa shape index (κ3) is 5.62. The van der Waals surface area contributed by atoms with Crippen LogP contribution in [0.3, 0.4) is 0 Å². The molecule has 0 aromatic heterocycles. The molecule has 0 unspecified atom stereocenters. The highest BCUT2D eigenvalue weighted by molar-refractivity contribution is 5.80. The average molecular weight is 354 g/mol. The van der Waals surface area contributed by atoms with E-state index in [0.29, 0.717) is 12.5 Å².